The van der Waals surface area contributed by atoms with Gasteiger partial charge in [-0.1, -0.05) is 12.8 Å². The van der Waals surface area contributed by atoms with Crippen LogP contribution < -0.4 is 16.0 Å². The molecule has 9 atom stereocenters. The van der Waals surface area contributed by atoms with Gasteiger partial charge in [-0.15, -0.1) is 23.4 Å². The number of ether oxygens (including phenoxy) is 1. The van der Waals surface area contributed by atoms with E-state index in [0.29, 0.717) is 40.7 Å². The van der Waals surface area contributed by atoms with Crippen molar-refractivity contribution in [3.8, 4) is 0 Å². The second-order valence-corrected chi connectivity index (χ2v) is 13.9. The lowest BCUT2D eigenvalue weighted by molar-refractivity contribution is -0.130. The molecule has 5 aliphatic rings. The number of halogens is 1. The zero-order chi connectivity index (χ0) is 23.7. The van der Waals surface area contributed by atoms with Gasteiger partial charge in [-0.25, -0.2) is 0 Å². The molecule has 2 heterocycles. The molecule has 0 aromatic carbocycles. The van der Waals surface area contributed by atoms with Gasteiger partial charge in [0.15, 0.2) is 0 Å². The Labute approximate surface area is 216 Å². The second kappa shape index (κ2) is 11.6. The number of carbonyl (C=O) groups excluding carboxylic acids is 1. The Kier molecular flexibility index (Phi) is 8.73. The number of fused-ring (bicyclic) bond motifs is 1. The lowest BCUT2D eigenvalue weighted by Crippen LogP contribution is -2.55. The molecule has 0 radical (unpaired) electrons. The highest BCUT2D eigenvalue weighted by atomic mass is 35.5. The minimum atomic E-state index is 0.0421. The van der Waals surface area contributed by atoms with Crippen molar-refractivity contribution >= 4 is 29.3 Å². The van der Waals surface area contributed by atoms with E-state index in [1.165, 1.54) is 64.2 Å². The van der Waals surface area contributed by atoms with Gasteiger partial charge in [0.25, 0.3) is 0 Å². The Balaban J connectivity index is 1.17. The van der Waals surface area contributed by atoms with Crippen molar-refractivity contribution in [2.45, 2.75) is 118 Å². The molecular formula is C27H46ClN3O2S. The predicted molar refractivity (Wildman–Crippen MR) is 141 cm³/mol. The zero-order valence-electron chi connectivity index (χ0n) is 21.1. The highest BCUT2D eigenvalue weighted by Gasteiger charge is 2.45. The van der Waals surface area contributed by atoms with Gasteiger partial charge in [-0.3, -0.25) is 10.1 Å². The fraction of sp³-hybridized carbons (Fsp3) is 0.963. The predicted octanol–water partition coefficient (Wildman–Crippen LogP) is 4.88. The van der Waals surface area contributed by atoms with Gasteiger partial charge in [0.2, 0.25) is 5.91 Å². The molecule has 3 saturated carbocycles. The summed E-state index contributed by atoms with van der Waals surface area (Å²) in [5, 5.41) is 11.9. The zero-order valence-corrected chi connectivity index (χ0v) is 22.7. The van der Waals surface area contributed by atoms with Crippen LogP contribution in [0.3, 0.4) is 0 Å². The average molecular weight is 512 g/mol. The van der Waals surface area contributed by atoms with Crippen LogP contribution in [-0.2, 0) is 9.53 Å². The lowest BCUT2D eigenvalue weighted by Gasteiger charge is -2.44. The lowest BCUT2D eigenvalue weighted by atomic mass is 9.68. The van der Waals surface area contributed by atoms with Crippen LogP contribution in [0.1, 0.15) is 84.0 Å². The van der Waals surface area contributed by atoms with E-state index >= 15 is 0 Å². The number of carbonyl (C=O) groups is 1. The van der Waals surface area contributed by atoms with E-state index in [1.54, 1.807) is 0 Å². The molecule has 0 bridgehead atoms. The molecule has 0 aromatic heterocycles. The van der Waals surface area contributed by atoms with Gasteiger partial charge in [-0.05, 0) is 94.8 Å². The standard InChI is InChI=1S/C27H46ClN3O2S/c1-16-13-21(20-5-3-4-6-24(20)33-2)22(15-29-16)26(32)31-27-30-23-12-9-18(14-25(23)34-27)17-7-10-19(28)11-8-17/h16-25,27,29-30H,3-15H2,1-2H3,(H,31,32). The van der Waals surface area contributed by atoms with Gasteiger partial charge in [0.1, 0.15) is 5.50 Å². The molecule has 5 nitrogen and oxygen atoms in total. The van der Waals surface area contributed by atoms with E-state index in [0.717, 1.165) is 31.2 Å². The SMILES string of the molecule is COC1CCCCC1C1CC(C)NCC1C(=O)NC1NC2CCC(C3CCC(Cl)CC3)CC2S1. The van der Waals surface area contributed by atoms with Crippen molar-refractivity contribution in [2.24, 2.45) is 29.6 Å². The molecule has 0 aromatic rings. The van der Waals surface area contributed by atoms with Crippen molar-refractivity contribution < 1.29 is 9.53 Å². The molecule has 9 unspecified atom stereocenters. The number of methoxy groups -OCH3 is 1. The first-order valence-electron chi connectivity index (χ1n) is 14.1. The van der Waals surface area contributed by atoms with Crippen molar-refractivity contribution in [1.82, 2.24) is 16.0 Å². The average Bonchev–Trinajstić information content (AvgIpc) is 3.25. The number of hydrogen-bond acceptors (Lipinski definition) is 5. The minimum Gasteiger partial charge on any atom is -0.381 e. The van der Waals surface area contributed by atoms with Crippen LogP contribution >= 0.6 is 23.4 Å². The molecule has 7 heteroatoms. The third-order valence-electron chi connectivity index (χ3n) is 9.92. The minimum absolute atomic E-state index is 0.0421. The summed E-state index contributed by atoms with van der Waals surface area (Å²) in [4.78, 5) is 13.6. The fourth-order valence-corrected chi connectivity index (χ4v) is 9.81. The summed E-state index contributed by atoms with van der Waals surface area (Å²) in [6, 6.07) is 1.02. The Morgan fingerprint density at radius 2 is 1.74 bits per heavy atom. The molecule has 2 saturated heterocycles. The smallest absolute Gasteiger partial charge is 0.226 e. The maximum absolute atomic E-state index is 13.6. The number of amides is 1. The molecule has 5 fully saturated rings. The number of piperidine rings is 1. The molecule has 2 aliphatic heterocycles. The van der Waals surface area contributed by atoms with E-state index in [-0.39, 0.29) is 17.3 Å². The fourth-order valence-electron chi connectivity index (χ4n) is 8.00. The largest absolute Gasteiger partial charge is 0.381 e. The maximum Gasteiger partial charge on any atom is 0.226 e. The third kappa shape index (κ3) is 5.77. The molecular weight excluding hydrogens is 466 g/mol. The second-order valence-electron chi connectivity index (χ2n) is 12.0. The number of thioether (sulfide) groups is 1. The van der Waals surface area contributed by atoms with Gasteiger partial charge in [0, 0.05) is 36.4 Å². The first-order valence-corrected chi connectivity index (χ1v) is 15.5. The quantitative estimate of drug-likeness (QED) is 0.459. The van der Waals surface area contributed by atoms with Crippen LogP contribution in [0.2, 0.25) is 0 Å². The van der Waals surface area contributed by atoms with Crippen molar-refractivity contribution in [2.75, 3.05) is 13.7 Å². The summed E-state index contributed by atoms with van der Waals surface area (Å²) in [6.07, 6.45) is 15.2. The van der Waals surface area contributed by atoms with Crippen molar-refractivity contribution in [3.63, 3.8) is 0 Å². The molecule has 34 heavy (non-hydrogen) atoms. The molecule has 194 valence electrons. The number of alkyl halides is 1. The number of nitrogens with one attached hydrogen (secondary N) is 3. The normalized spacial score (nSPS) is 47.7. The van der Waals surface area contributed by atoms with Crippen molar-refractivity contribution in [1.29, 1.82) is 0 Å². The van der Waals surface area contributed by atoms with E-state index in [2.05, 4.69) is 22.9 Å². The summed E-state index contributed by atoms with van der Waals surface area (Å²) in [5.74, 6) is 2.92. The van der Waals surface area contributed by atoms with Crippen LogP contribution in [0.25, 0.3) is 0 Å². The molecule has 1 amide bonds. The summed E-state index contributed by atoms with van der Waals surface area (Å²) < 4.78 is 5.91. The van der Waals surface area contributed by atoms with Crippen LogP contribution in [0, 0.1) is 29.6 Å². The van der Waals surface area contributed by atoms with Gasteiger partial charge >= 0.3 is 0 Å². The Hall–Kier alpha value is -0.0100. The first-order chi connectivity index (χ1) is 16.5. The number of rotatable bonds is 5. The van der Waals surface area contributed by atoms with E-state index in [4.69, 9.17) is 16.3 Å². The molecule has 5 rings (SSSR count). The van der Waals surface area contributed by atoms with Crippen LogP contribution in [0.4, 0.5) is 0 Å². The summed E-state index contributed by atoms with van der Waals surface area (Å²) in [7, 11) is 1.86. The maximum atomic E-state index is 13.6. The van der Waals surface area contributed by atoms with Gasteiger partial charge in [-0.2, -0.15) is 0 Å². The van der Waals surface area contributed by atoms with Crippen LogP contribution in [-0.4, -0.2) is 53.9 Å². The monoisotopic (exact) mass is 511 g/mol. The third-order valence-corrected chi connectivity index (χ3v) is 11.8. The highest BCUT2D eigenvalue weighted by molar-refractivity contribution is 8.00. The molecule has 0 spiro atoms. The Morgan fingerprint density at radius 1 is 0.971 bits per heavy atom. The first kappa shape index (κ1) is 25.6. The van der Waals surface area contributed by atoms with Gasteiger partial charge in [0.05, 0.1) is 12.0 Å². The highest BCUT2D eigenvalue weighted by Crippen LogP contribution is 2.45. The Bertz CT molecular complexity index is 691. The number of hydrogen-bond donors (Lipinski definition) is 3. The summed E-state index contributed by atoms with van der Waals surface area (Å²) >= 11 is 8.34. The van der Waals surface area contributed by atoms with E-state index < -0.39 is 0 Å². The van der Waals surface area contributed by atoms with Crippen LogP contribution in [0.5, 0.6) is 0 Å². The summed E-state index contributed by atoms with van der Waals surface area (Å²) in [6.45, 7) is 3.06. The topological polar surface area (TPSA) is 62.4 Å². The summed E-state index contributed by atoms with van der Waals surface area (Å²) in [5.41, 5.74) is 0.0596. The van der Waals surface area contributed by atoms with Gasteiger partial charge < -0.3 is 15.4 Å². The molecule has 3 aliphatic carbocycles. The van der Waals surface area contributed by atoms with Crippen molar-refractivity contribution in [3.05, 3.63) is 0 Å². The Morgan fingerprint density at radius 3 is 2.53 bits per heavy atom. The van der Waals surface area contributed by atoms with E-state index in [9.17, 15) is 4.79 Å². The van der Waals surface area contributed by atoms with Crippen LogP contribution in [0.15, 0.2) is 0 Å². The van der Waals surface area contributed by atoms with E-state index in [1.807, 2.05) is 18.9 Å². The molecule has 3 N–H and O–H groups in total.